The Morgan fingerprint density at radius 1 is 1.47 bits per heavy atom. The molecular formula is C12H14N2O. The molecule has 1 aliphatic carbocycles. The first-order valence-corrected chi connectivity index (χ1v) is 5.38. The van der Waals surface area contributed by atoms with Gasteiger partial charge in [-0.1, -0.05) is 0 Å². The second-order valence-electron chi connectivity index (χ2n) is 4.58. The summed E-state index contributed by atoms with van der Waals surface area (Å²) in [4.78, 5) is 17.8. The summed E-state index contributed by atoms with van der Waals surface area (Å²) in [5.74, 6) is 0.769. The van der Waals surface area contributed by atoms with Crippen molar-refractivity contribution in [2.24, 2.45) is 5.92 Å². The zero-order chi connectivity index (χ0) is 10.6. The van der Waals surface area contributed by atoms with E-state index in [9.17, 15) is 4.79 Å². The molecular weight excluding hydrogens is 188 g/mol. The van der Waals surface area contributed by atoms with Crippen molar-refractivity contribution in [2.75, 3.05) is 7.05 Å². The molecule has 0 saturated carbocycles. The lowest BCUT2D eigenvalue weighted by atomic mass is 10.0. The highest BCUT2D eigenvalue weighted by molar-refractivity contribution is 5.80. The van der Waals surface area contributed by atoms with E-state index in [0.29, 0.717) is 18.4 Å². The van der Waals surface area contributed by atoms with Crippen LogP contribution in [0.5, 0.6) is 0 Å². The van der Waals surface area contributed by atoms with Gasteiger partial charge in [-0.2, -0.15) is 0 Å². The van der Waals surface area contributed by atoms with Crippen molar-refractivity contribution in [3.8, 4) is 0 Å². The lowest BCUT2D eigenvalue weighted by Gasteiger charge is -2.20. The smallest absolute Gasteiger partial charge is 0.223 e. The molecule has 3 heteroatoms. The molecule has 1 aromatic heterocycles. The van der Waals surface area contributed by atoms with Crippen LogP contribution in [0.4, 0.5) is 0 Å². The van der Waals surface area contributed by atoms with Crippen LogP contribution in [0.2, 0.25) is 0 Å². The summed E-state index contributed by atoms with van der Waals surface area (Å²) in [7, 11) is 1.91. The summed E-state index contributed by atoms with van der Waals surface area (Å²) < 4.78 is 0. The molecule has 78 valence electrons. The summed E-state index contributed by atoms with van der Waals surface area (Å²) in [6.45, 7) is 2.06. The van der Waals surface area contributed by atoms with Gasteiger partial charge in [-0.3, -0.25) is 9.78 Å². The second-order valence-corrected chi connectivity index (χ2v) is 4.58. The Bertz CT molecular complexity index is 441. The van der Waals surface area contributed by atoms with Crippen LogP contribution in [0.15, 0.2) is 12.3 Å². The monoisotopic (exact) mass is 202 g/mol. The fraction of sp³-hybridized carbons (Fsp3) is 0.500. The van der Waals surface area contributed by atoms with E-state index in [4.69, 9.17) is 0 Å². The second kappa shape index (κ2) is 2.81. The summed E-state index contributed by atoms with van der Waals surface area (Å²) in [5, 5.41) is 0. The van der Waals surface area contributed by atoms with Gasteiger partial charge in [-0.05, 0) is 36.5 Å². The molecule has 15 heavy (non-hydrogen) atoms. The van der Waals surface area contributed by atoms with Gasteiger partial charge in [0.1, 0.15) is 0 Å². The van der Waals surface area contributed by atoms with Crippen molar-refractivity contribution in [2.45, 2.75) is 25.8 Å². The first kappa shape index (κ1) is 8.89. The van der Waals surface area contributed by atoms with Gasteiger partial charge in [-0.15, -0.1) is 0 Å². The molecule has 0 spiro atoms. The van der Waals surface area contributed by atoms with Crippen LogP contribution in [0, 0.1) is 12.8 Å². The van der Waals surface area contributed by atoms with Gasteiger partial charge in [0.05, 0.1) is 6.04 Å². The van der Waals surface area contributed by atoms with Crippen molar-refractivity contribution in [1.29, 1.82) is 0 Å². The number of hydrogen-bond acceptors (Lipinski definition) is 2. The number of aromatic nitrogens is 1. The van der Waals surface area contributed by atoms with E-state index in [1.165, 1.54) is 11.1 Å². The minimum atomic E-state index is 0.283. The highest BCUT2D eigenvalue weighted by atomic mass is 16.2. The van der Waals surface area contributed by atoms with Gasteiger partial charge < -0.3 is 4.90 Å². The van der Waals surface area contributed by atoms with E-state index >= 15 is 0 Å². The van der Waals surface area contributed by atoms with E-state index in [0.717, 1.165) is 12.1 Å². The maximum atomic E-state index is 11.6. The third-order valence-electron chi connectivity index (χ3n) is 3.79. The third-order valence-corrected chi connectivity index (χ3v) is 3.79. The Kier molecular flexibility index (Phi) is 1.67. The van der Waals surface area contributed by atoms with Crippen molar-refractivity contribution in [3.63, 3.8) is 0 Å². The Morgan fingerprint density at radius 2 is 2.27 bits per heavy atom. The van der Waals surface area contributed by atoms with E-state index in [2.05, 4.69) is 18.0 Å². The molecule has 1 aromatic rings. The Balaban J connectivity index is 2.12. The quantitative estimate of drug-likeness (QED) is 0.638. The molecule has 3 nitrogen and oxygen atoms in total. The summed E-state index contributed by atoms with van der Waals surface area (Å²) in [6, 6.07) is 2.39. The highest BCUT2D eigenvalue weighted by Crippen LogP contribution is 2.46. The number of rotatable bonds is 0. The van der Waals surface area contributed by atoms with Crippen LogP contribution in [-0.4, -0.2) is 22.8 Å². The first-order valence-electron chi connectivity index (χ1n) is 5.38. The number of pyridine rings is 1. The largest absolute Gasteiger partial charge is 0.338 e. The predicted molar refractivity (Wildman–Crippen MR) is 56.3 cm³/mol. The number of likely N-dealkylation sites (tertiary alicyclic amines) is 1. The molecule has 1 saturated heterocycles. The molecule has 2 heterocycles. The molecule has 1 amide bonds. The van der Waals surface area contributed by atoms with Crippen LogP contribution < -0.4 is 0 Å². The number of carbonyl (C=O) groups is 1. The Morgan fingerprint density at radius 3 is 3.07 bits per heavy atom. The van der Waals surface area contributed by atoms with Crippen LogP contribution in [-0.2, 0) is 11.2 Å². The van der Waals surface area contributed by atoms with Crippen LogP contribution >= 0.6 is 0 Å². The van der Waals surface area contributed by atoms with Crippen molar-refractivity contribution in [3.05, 3.63) is 29.1 Å². The zero-order valence-electron chi connectivity index (χ0n) is 9.03. The topological polar surface area (TPSA) is 33.2 Å². The molecule has 1 fully saturated rings. The van der Waals surface area contributed by atoms with Crippen LogP contribution in [0.25, 0.3) is 0 Å². The lowest BCUT2D eigenvalue weighted by Crippen LogP contribution is -2.22. The minimum Gasteiger partial charge on any atom is -0.338 e. The Labute approximate surface area is 89.1 Å². The van der Waals surface area contributed by atoms with Gasteiger partial charge >= 0.3 is 0 Å². The van der Waals surface area contributed by atoms with Gasteiger partial charge in [0.25, 0.3) is 0 Å². The van der Waals surface area contributed by atoms with E-state index < -0.39 is 0 Å². The SMILES string of the molecule is Cc1nccc2c1CC1CC(=O)N(C)C21. The van der Waals surface area contributed by atoms with Gasteiger partial charge in [0.15, 0.2) is 0 Å². The average Bonchev–Trinajstić information content (AvgIpc) is 2.68. The molecule has 0 radical (unpaired) electrons. The fourth-order valence-electron chi connectivity index (χ4n) is 3.02. The zero-order valence-corrected chi connectivity index (χ0v) is 9.03. The Hall–Kier alpha value is -1.38. The predicted octanol–water partition coefficient (Wildman–Crippen LogP) is 1.47. The molecule has 2 atom stereocenters. The van der Waals surface area contributed by atoms with Gasteiger partial charge in [0.2, 0.25) is 5.91 Å². The molecule has 2 unspecified atom stereocenters. The highest BCUT2D eigenvalue weighted by Gasteiger charge is 2.44. The number of hydrogen-bond donors (Lipinski definition) is 0. The standard InChI is InChI=1S/C12H14N2O/c1-7-10-5-8-6-11(15)14(2)12(8)9(10)3-4-13-7/h3-4,8,12H,5-6H2,1-2H3. The number of aryl methyl sites for hydroxylation is 1. The van der Waals surface area contributed by atoms with Gasteiger partial charge in [0, 0.05) is 25.4 Å². The summed E-state index contributed by atoms with van der Waals surface area (Å²) in [5.41, 5.74) is 3.82. The van der Waals surface area contributed by atoms with Gasteiger partial charge in [-0.25, -0.2) is 0 Å². The van der Waals surface area contributed by atoms with E-state index in [1.807, 2.05) is 18.1 Å². The number of nitrogens with zero attached hydrogens (tertiary/aromatic N) is 2. The van der Waals surface area contributed by atoms with Crippen molar-refractivity contribution in [1.82, 2.24) is 9.88 Å². The molecule has 0 N–H and O–H groups in total. The van der Waals surface area contributed by atoms with E-state index in [1.54, 1.807) is 0 Å². The summed E-state index contributed by atoms with van der Waals surface area (Å²) >= 11 is 0. The number of fused-ring (bicyclic) bond motifs is 3. The van der Waals surface area contributed by atoms with E-state index in [-0.39, 0.29) is 5.91 Å². The maximum Gasteiger partial charge on any atom is 0.223 e. The molecule has 0 bridgehead atoms. The molecule has 1 aliphatic heterocycles. The number of carbonyl (C=O) groups excluding carboxylic acids is 1. The number of amides is 1. The molecule has 3 rings (SSSR count). The normalized spacial score (nSPS) is 28.1. The summed E-state index contributed by atoms with van der Waals surface area (Å²) in [6.07, 6.45) is 3.58. The molecule has 2 aliphatic rings. The lowest BCUT2D eigenvalue weighted by molar-refractivity contribution is -0.127. The fourth-order valence-corrected chi connectivity index (χ4v) is 3.02. The maximum absolute atomic E-state index is 11.6. The minimum absolute atomic E-state index is 0.283. The van der Waals surface area contributed by atoms with Crippen molar-refractivity contribution >= 4 is 5.91 Å². The third kappa shape index (κ3) is 1.06. The molecule has 0 aromatic carbocycles. The van der Waals surface area contributed by atoms with Crippen molar-refractivity contribution < 1.29 is 4.79 Å². The van der Waals surface area contributed by atoms with Crippen LogP contribution in [0.1, 0.15) is 29.3 Å². The van der Waals surface area contributed by atoms with Crippen LogP contribution in [0.3, 0.4) is 0 Å². The average molecular weight is 202 g/mol. The first-order chi connectivity index (χ1) is 7.18.